The number of nitrogen functional groups attached to an aromatic ring is 1. The highest BCUT2D eigenvalue weighted by Crippen LogP contribution is 2.42. The zero-order valence-electron chi connectivity index (χ0n) is 9.29. The van der Waals surface area contributed by atoms with Crippen molar-refractivity contribution in [2.45, 2.75) is 31.7 Å². The van der Waals surface area contributed by atoms with Crippen molar-refractivity contribution in [3.8, 4) is 0 Å². The number of hydrogen-bond acceptors (Lipinski definition) is 3. The van der Waals surface area contributed by atoms with Crippen LogP contribution in [0.15, 0.2) is 12.7 Å². The molecule has 5 nitrogen and oxygen atoms in total. The van der Waals surface area contributed by atoms with Gasteiger partial charge in [0.2, 0.25) is 0 Å². The summed E-state index contributed by atoms with van der Waals surface area (Å²) < 4.78 is 0. The van der Waals surface area contributed by atoms with Crippen LogP contribution in [0.5, 0.6) is 0 Å². The van der Waals surface area contributed by atoms with Gasteiger partial charge in [-0.05, 0) is 19.8 Å². The molecule has 4 N–H and O–H groups in total. The molecular formula is C11H16N4O. The van der Waals surface area contributed by atoms with Gasteiger partial charge in [0.15, 0.2) is 5.69 Å². The Kier molecular flexibility index (Phi) is 2.68. The third-order valence-electron chi connectivity index (χ3n) is 2.75. The van der Waals surface area contributed by atoms with Crippen molar-refractivity contribution in [2.75, 3.05) is 5.73 Å². The maximum Gasteiger partial charge on any atom is 0.274 e. The third-order valence-corrected chi connectivity index (χ3v) is 2.75. The first-order valence-electron chi connectivity index (χ1n) is 5.40. The van der Waals surface area contributed by atoms with Crippen molar-refractivity contribution < 1.29 is 4.79 Å². The minimum atomic E-state index is -0.256. The lowest BCUT2D eigenvalue weighted by molar-refractivity contribution is 0.0943. The number of aromatic amines is 1. The van der Waals surface area contributed by atoms with Crippen molar-refractivity contribution >= 4 is 11.6 Å². The molecular weight excluding hydrogens is 204 g/mol. The van der Waals surface area contributed by atoms with Crippen LogP contribution in [0, 0.1) is 0 Å². The number of nitrogens with zero attached hydrogens (tertiary/aromatic N) is 1. The van der Waals surface area contributed by atoms with Gasteiger partial charge in [-0.25, -0.2) is 0 Å². The summed E-state index contributed by atoms with van der Waals surface area (Å²) in [5.74, 6) is 0.207. The van der Waals surface area contributed by atoms with Gasteiger partial charge in [-0.1, -0.05) is 6.08 Å². The Bertz CT molecular complexity index is 420. The number of H-pyrrole nitrogens is 1. The van der Waals surface area contributed by atoms with Crippen LogP contribution in [0.2, 0.25) is 0 Å². The number of anilines is 1. The van der Waals surface area contributed by atoms with E-state index in [1.54, 1.807) is 6.08 Å². The summed E-state index contributed by atoms with van der Waals surface area (Å²) in [5, 5.41) is 9.55. The molecule has 16 heavy (non-hydrogen) atoms. The number of nitrogens with two attached hydrogens (primary N) is 1. The van der Waals surface area contributed by atoms with Crippen molar-refractivity contribution in [1.29, 1.82) is 0 Å². The molecule has 1 unspecified atom stereocenters. The lowest BCUT2D eigenvalue weighted by Gasteiger charge is -2.07. The topological polar surface area (TPSA) is 83.8 Å². The standard InChI is InChI=1S/C11H16N4O/c1-3-6(2)13-11(16)10-8(12)9(14-15-10)7-4-5-7/h3,6-7H,1,4-5,12H2,2H3,(H,13,16)(H,14,15). The smallest absolute Gasteiger partial charge is 0.274 e. The van der Waals surface area contributed by atoms with Gasteiger partial charge in [-0.15, -0.1) is 6.58 Å². The van der Waals surface area contributed by atoms with E-state index < -0.39 is 0 Å². The average molecular weight is 220 g/mol. The molecule has 0 bridgehead atoms. The van der Waals surface area contributed by atoms with Crippen LogP contribution < -0.4 is 11.1 Å². The monoisotopic (exact) mass is 220 g/mol. The molecule has 1 aliphatic rings. The SMILES string of the molecule is C=CC(C)NC(=O)c1n[nH]c(C2CC2)c1N. The van der Waals surface area contributed by atoms with Crippen LogP contribution in [0.25, 0.3) is 0 Å². The van der Waals surface area contributed by atoms with Gasteiger partial charge < -0.3 is 11.1 Å². The highest BCUT2D eigenvalue weighted by atomic mass is 16.2. The van der Waals surface area contributed by atoms with Gasteiger partial charge in [0.25, 0.3) is 5.91 Å². The fraction of sp³-hybridized carbons (Fsp3) is 0.455. The number of hydrogen-bond donors (Lipinski definition) is 3. The number of aromatic nitrogens is 2. The predicted octanol–water partition coefficient (Wildman–Crippen LogP) is 1.17. The molecule has 1 atom stereocenters. The van der Waals surface area contributed by atoms with E-state index in [2.05, 4.69) is 22.1 Å². The second-order valence-corrected chi connectivity index (χ2v) is 4.17. The molecule has 0 aromatic carbocycles. The normalized spacial score (nSPS) is 16.8. The fourth-order valence-corrected chi connectivity index (χ4v) is 1.55. The summed E-state index contributed by atoms with van der Waals surface area (Å²) in [7, 11) is 0. The fourth-order valence-electron chi connectivity index (χ4n) is 1.55. The van der Waals surface area contributed by atoms with Gasteiger partial charge in [0.05, 0.1) is 11.4 Å². The summed E-state index contributed by atoms with van der Waals surface area (Å²) >= 11 is 0. The summed E-state index contributed by atoms with van der Waals surface area (Å²) in [5.41, 5.74) is 7.55. The molecule has 1 aromatic rings. The van der Waals surface area contributed by atoms with E-state index in [1.165, 1.54) is 0 Å². The Labute approximate surface area is 94.1 Å². The van der Waals surface area contributed by atoms with Gasteiger partial charge in [-0.2, -0.15) is 5.10 Å². The lowest BCUT2D eigenvalue weighted by Crippen LogP contribution is -2.31. The highest BCUT2D eigenvalue weighted by molar-refractivity contribution is 5.98. The van der Waals surface area contributed by atoms with Crippen molar-refractivity contribution in [3.05, 3.63) is 24.0 Å². The predicted molar refractivity (Wildman–Crippen MR) is 62.1 cm³/mol. The largest absolute Gasteiger partial charge is 0.395 e. The first-order chi connectivity index (χ1) is 7.63. The zero-order chi connectivity index (χ0) is 11.7. The molecule has 1 heterocycles. The quantitative estimate of drug-likeness (QED) is 0.666. The van der Waals surface area contributed by atoms with Gasteiger partial charge in [0.1, 0.15) is 0 Å². The van der Waals surface area contributed by atoms with Crippen LogP contribution in [0.1, 0.15) is 41.9 Å². The molecule has 0 saturated heterocycles. The first-order valence-corrected chi connectivity index (χ1v) is 5.40. The summed E-state index contributed by atoms with van der Waals surface area (Å²) in [6.45, 7) is 5.44. The van der Waals surface area contributed by atoms with Crippen LogP contribution in [-0.4, -0.2) is 22.1 Å². The summed E-state index contributed by atoms with van der Waals surface area (Å²) in [6, 6.07) is -0.0898. The summed E-state index contributed by atoms with van der Waals surface area (Å²) in [6.07, 6.45) is 3.90. The molecule has 0 spiro atoms. The van der Waals surface area contributed by atoms with Gasteiger partial charge >= 0.3 is 0 Å². The molecule has 0 aliphatic heterocycles. The van der Waals surface area contributed by atoms with Crippen molar-refractivity contribution in [2.24, 2.45) is 0 Å². The van der Waals surface area contributed by atoms with Gasteiger partial charge in [0, 0.05) is 12.0 Å². The van der Waals surface area contributed by atoms with E-state index in [4.69, 9.17) is 5.73 Å². The second kappa shape index (κ2) is 4.00. The summed E-state index contributed by atoms with van der Waals surface area (Å²) in [4.78, 5) is 11.8. The first kappa shape index (κ1) is 10.7. The van der Waals surface area contributed by atoms with Crippen LogP contribution in [0.4, 0.5) is 5.69 Å². The lowest BCUT2D eigenvalue weighted by atomic mass is 10.2. The van der Waals surface area contributed by atoms with Crippen LogP contribution in [-0.2, 0) is 0 Å². The molecule has 1 amide bonds. The Morgan fingerprint density at radius 3 is 3.00 bits per heavy atom. The minimum Gasteiger partial charge on any atom is -0.395 e. The van der Waals surface area contributed by atoms with Crippen molar-refractivity contribution in [3.63, 3.8) is 0 Å². The molecule has 1 aromatic heterocycles. The van der Waals surface area contributed by atoms with E-state index in [1.807, 2.05) is 6.92 Å². The molecule has 1 fully saturated rings. The minimum absolute atomic E-state index is 0.0898. The highest BCUT2D eigenvalue weighted by Gasteiger charge is 2.30. The number of carbonyl (C=O) groups excluding carboxylic acids is 1. The molecule has 1 aliphatic carbocycles. The zero-order valence-corrected chi connectivity index (χ0v) is 9.29. The van der Waals surface area contributed by atoms with E-state index in [0.29, 0.717) is 11.6 Å². The number of amides is 1. The van der Waals surface area contributed by atoms with E-state index in [9.17, 15) is 4.79 Å². The molecule has 0 radical (unpaired) electrons. The van der Waals surface area contributed by atoms with Gasteiger partial charge in [-0.3, -0.25) is 9.89 Å². The number of nitrogens with one attached hydrogen (secondary N) is 2. The van der Waals surface area contributed by atoms with E-state index in [-0.39, 0.29) is 17.6 Å². The molecule has 2 rings (SSSR count). The second-order valence-electron chi connectivity index (χ2n) is 4.17. The van der Waals surface area contributed by atoms with E-state index in [0.717, 1.165) is 18.5 Å². The maximum absolute atomic E-state index is 11.8. The number of rotatable bonds is 4. The third kappa shape index (κ3) is 1.93. The molecule has 5 heteroatoms. The maximum atomic E-state index is 11.8. The van der Waals surface area contributed by atoms with E-state index >= 15 is 0 Å². The van der Waals surface area contributed by atoms with Crippen molar-refractivity contribution in [1.82, 2.24) is 15.5 Å². The Morgan fingerprint density at radius 1 is 1.75 bits per heavy atom. The Hall–Kier alpha value is -1.78. The molecule has 1 saturated carbocycles. The van der Waals surface area contributed by atoms with Crippen LogP contribution in [0.3, 0.4) is 0 Å². The Morgan fingerprint density at radius 2 is 2.44 bits per heavy atom. The Balaban J connectivity index is 2.13. The van der Waals surface area contributed by atoms with Crippen LogP contribution >= 0.6 is 0 Å². The average Bonchev–Trinajstić information content (AvgIpc) is 3.02. The number of carbonyl (C=O) groups is 1. The molecule has 86 valence electrons.